The highest BCUT2D eigenvalue weighted by molar-refractivity contribution is 7.84. The summed E-state index contributed by atoms with van der Waals surface area (Å²) >= 11 is 6.08. The van der Waals surface area contributed by atoms with Gasteiger partial charge in [0.2, 0.25) is 0 Å². The fourth-order valence-corrected chi connectivity index (χ4v) is 4.31. The number of benzene rings is 1. The molecule has 1 aliphatic carbocycles. The molecule has 2 nitrogen and oxygen atoms in total. The maximum atomic E-state index is 12.1. The van der Waals surface area contributed by atoms with Gasteiger partial charge in [0, 0.05) is 21.6 Å². The van der Waals surface area contributed by atoms with Crippen LogP contribution in [0.1, 0.15) is 36.8 Å². The molecule has 1 aromatic carbocycles. The molecule has 0 saturated heterocycles. The Morgan fingerprint density at radius 1 is 1.39 bits per heavy atom. The minimum absolute atomic E-state index is 0.501. The summed E-state index contributed by atoms with van der Waals surface area (Å²) in [5.74, 6) is 1.92. The molecule has 1 aromatic rings. The second kappa shape index (κ2) is 6.36. The molecule has 0 N–H and O–H groups in total. The van der Waals surface area contributed by atoms with E-state index in [1.807, 2.05) is 12.1 Å². The monoisotopic (exact) mass is 281 g/mol. The van der Waals surface area contributed by atoms with Crippen molar-refractivity contribution in [3.8, 4) is 6.07 Å². The summed E-state index contributed by atoms with van der Waals surface area (Å²) in [6.07, 6.45) is 4.98. The lowest BCUT2D eigenvalue weighted by molar-refractivity contribution is 0.604. The van der Waals surface area contributed by atoms with Crippen LogP contribution in [-0.4, -0.2) is 9.96 Å². The SMILES string of the molecule is N#Cc1ccc(CS(=O)CC2CCCC2)c(Cl)c1. The van der Waals surface area contributed by atoms with E-state index in [9.17, 15) is 4.21 Å². The van der Waals surface area contributed by atoms with Crippen molar-refractivity contribution in [3.63, 3.8) is 0 Å². The van der Waals surface area contributed by atoms with Gasteiger partial charge >= 0.3 is 0 Å². The van der Waals surface area contributed by atoms with Crippen LogP contribution in [0.2, 0.25) is 5.02 Å². The lowest BCUT2D eigenvalue weighted by Crippen LogP contribution is -2.09. The molecule has 0 aliphatic heterocycles. The van der Waals surface area contributed by atoms with Crippen molar-refractivity contribution in [3.05, 3.63) is 34.3 Å². The van der Waals surface area contributed by atoms with Gasteiger partial charge < -0.3 is 0 Å². The zero-order valence-electron chi connectivity index (χ0n) is 10.2. The fourth-order valence-electron chi connectivity index (χ4n) is 2.41. The summed E-state index contributed by atoms with van der Waals surface area (Å²) in [7, 11) is -0.847. The lowest BCUT2D eigenvalue weighted by Gasteiger charge is -2.09. The minimum atomic E-state index is -0.847. The molecule has 0 bridgehead atoms. The molecule has 0 aromatic heterocycles. The first kappa shape index (κ1) is 13.6. The number of nitrogens with zero attached hydrogens (tertiary/aromatic N) is 1. The summed E-state index contributed by atoms with van der Waals surface area (Å²) in [6.45, 7) is 0. The van der Waals surface area contributed by atoms with E-state index in [4.69, 9.17) is 16.9 Å². The first-order chi connectivity index (χ1) is 8.69. The van der Waals surface area contributed by atoms with E-state index in [0.29, 0.717) is 22.3 Å². The molecule has 2 rings (SSSR count). The molecule has 0 amide bonds. The Kier molecular flexibility index (Phi) is 4.79. The second-order valence-electron chi connectivity index (χ2n) is 4.82. The molecule has 1 saturated carbocycles. The minimum Gasteiger partial charge on any atom is -0.259 e. The zero-order valence-corrected chi connectivity index (χ0v) is 11.8. The Labute approximate surface area is 115 Å². The molecule has 1 unspecified atom stereocenters. The summed E-state index contributed by atoms with van der Waals surface area (Å²) in [5.41, 5.74) is 1.43. The molecule has 96 valence electrons. The third kappa shape index (κ3) is 3.57. The third-order valence-corrected chi connectivity index (χ3v) is 5.22. The average Bonchev–Trinajstić information content (AvgIpc) is 2.84. The molecule has 1 atom stereocenters. The topological polar surface area (TPSA) is 40.9 Å². The standard InChI is InChI=1S/C14H16ClNOS/c15-14-7-12(8-16)5-6-13(14)10-18(17)9-11-3-1-2-4-11/h5-7,11H,1-4,9-10H2. The van der Waals surface area contributed by atoms with Gasteiger partial charge in [-0.3, -0.25) is 4.21 Å². The van der Waals surface area contributed by atoms with Gasteiger partial charge in [-0.25, -0.2) is 0 Å². The van der Waals surface area contributed by atoms with Gasteiger partial charge in [-0.15, -0.1) is 0 Å². The van der Waals surface area contributed by atoms with E-state index < -0.39 is 10.8 Å². The van der Waals surface area contributed by atoms with E-state index in [0.717, 1.165) is 11.3 Å². The van der Waals surface area contributed by atoms with Gasteiger partial charge in [-0.1, -0.05) is 30.5 Å². The van der Waals surface area contributed by atoms with Gasteiger partial charge in [-0.2, -0.15) is 5.26 Å². The van der Waals surface area contributed by atoms with Crippen LogP contribution in [-0.2, 0) is 16.6 Å². The summed E-state index contributed by atoms with van der Waals surface area (Å²) in [4.78, 5) is 0. The van der Waals surface area contributed by atoms with Crippen molar-refractivity contribution in [1.82, 2.24) is 0 Å². The molecular formula is C14H16ClNOS. The van der Waals surface area contributed by atoms with E-state index in [1.165, 1.54) is 25.7 Å². The predicted octanol–water partition coefficient (Wildman–Crippen LogP) is 3.65. The van der Waals surface area contributed by atoms with Crippen LogP contribution in [0, 0.1) is 17.2 Å². The molecule has 0 spiro atoms. The smallest absolute Gasteiger partial charge is 0.0992 e. The summed E-state index contributed by atoms with van der Waals surface area (Å²) in [5, 5.41) is 9.31. The Morgan fingerprint density at radius 2 is 2.11 bits per heavy atom. The largest absolute Gasteiger partial charge is 0.259 e. The van der Waals surface area contributed by atoms with Crippen LogP contribution in [0.5, 0.6) is 0 Å². The highest BCUT2D eigenvalue weighted by Gasteiger charge is 2.18. The molecule has 1 fully saturated rings. The lowest BCUT2D eigenvalue weighted by atomic mass is 10.1. The predicted molar refractivity (Wildman–Crippen MR) is 74.8 cm³/mol. The quantitative estimate of drug-likeness (QED) is 0.845. The van der Waals surface area contributed by atoms with Crippen molar-refractivity contribution < 1.29 is 4.21 Å². The van der Waals surface area contributed by atoms with Crippen LogP contribution in [0.15, 0.2) is 18.2 Å². The first-order valence-corrected chi connectivity index (χ1v) is 8.09. The van der Waals surface area contributed by atoms with Gasteiger partial charge in [0.25, 0.3) is 0 Å². The van der Waals surface area contributed by atoms with Crippen LogP contribution in [0.3, 0.4) is 0 Å². The highest BCUT2D eigenvalue weighted by Crippen LogP contribution is 2.26. The van der Waals surface area contributed by atoms with Gasteiger partial charge in [-0.05, 0) is 36.5 Å². The third-order valence-electron chi connectivity index (χ3n) is 3.39. The van der Waals surface area contributed by atoms with Crippen LogP contribution < -0.4 is 0 Å². The Bertz CT molecular complexity index is 489. The van der Waals surface area contributed by atoms with Crippen LogP contribution >= 0.6 is 11.6 Å². The molecule has 0 heterocycles. The molecule has 0 radical (unpaired) electrons. The molecule has 18 heavy (non-hydrogen) atoms. The number of rotatable bonds is 4. The van der Waals surface area contributed by atoms with E-state index in [1.54, 1.807) is 12.1 Å². The van der Waals surface area contributed by atoms with Gasteiger partial charge in [0.15, 0.2) is 0 Å². The maximum absolute atomic E-state index is 12.1. The molecular weight excluding hydrogens is 266 g/mol. The number of hydrogen-bond donors (Lipinski definition) is 0. The Morgan fingerprint density at radius 3 is 2.72 bits per heavy atom. The van der Waals surface area contributed by atoms with Crippen molar-refractivity contribution in [1.29, 1.82) is 5.26 Å². The zero-order chi connectivity index (χ0) is 13.0. The number of halogens is 1. The Hall–Kier alpha value is -0.850. The highest BCUT2D eigenvalue weighted by atomic mass is 35.5. The molecule has 4 heteroatoms. The number of nitriles is 1. The van der Waals surface area contributed by atoms with E-state index >= 15 is 0 Å². The van der Waals surface area contributed by atoms with Crippen molar-refractivity contribution in [2.24, 2.45) is 5.92 Å². The van der Waals surface area contributed by atoms with Crippen LogP contribution in [0.25, 0.3) is 0 Å². The van der Waals surface area contributed by atoms with Crippen molar-refractivity contribution in [2.45, 2.75) is 31.4 Å². The Balaban J connectivity index is 1.96. The van der Waals surface area contributed by atoms with Gasteiger partial charge in [0.1, 0.15) is 0 Å². The summed E-state index contributed by atoms with van der Waals surface area (Å²) in [6, 6.07) is 7.23. The fraction of sp³-hybridized carbons (Fsp3) is 0.500. The van der Waals surface area contributed by atoms with Crippen LogP contribution in [0.4, 0.5) is 0 Å². The molecule has 1 aliphatic rings. The van der Waals surface area contributed by atoms with E-state index in [2.05, 4.69) is 0 Å². The van der Waals surface area contributed by atoms with Gasteiger partial charge in [0.05, 0.1) is 17.4 Å². The van der Waals surface area contributed by atoms with Crippen molar-refractivity contribution in [2.75, 3.05) is 5.75 Å². The van der Waals surface area contributed by atoms with Crippen molar-refractivity contribution >= 4 is 22.4 Å². The number of hydrogen-bond acceptors (Lipinski definition) is 2. The normalized spacial score (nSPS) is 17.6. The summed E-state index contributed by atoms with van der Waals surface area (Å²) < 4.78 is 12.1. The first-order valence-electron chi connectivity index (χ1n) is 6.22. The second-order valence-corrected chi connectivity index (χ2v) is 6.73. The average molecular weight is 282 g/mol. The maximum Gasteiger partial charge on any atom is 0.0992 e. The van der Waals surface area contributed by atoms with E-state index in [-0.39, 0.29) is 0 Å².